The summed E-state index contributed by atoms with van der Waals surface area (Å²) in [7, 11) is 0. The zero-order valence-corrected chi connectivity index (χ0v) is 16.3. The molecule has 0 spiro atoms. The Morgan fingerprint density at radius 2 is 1.96 bits per heavy atom. The smallest absolute Gasteiger partial charge is 0.314 e. The maximum Gasteiger partial charge on any atom is 0.314 e. The van der Waals surface area contributed by atoms with Gasteiger partial charge in [0.05, 0.1) is 0 Å². The van der Waals surface area contributed by atoms with E-state index in [4.69, 9.17) is 0 Å². The second kappa shape index (κ2) is 9.26. The molecule has 2 fully saturated rings. The average molecular weight is 359 g/mol. The number of piperidine rings is 1. The average Bonchev–Trinajstić information content (AvgIpc) is 3.14. The topological polar surface area (TPSA) is 47.6 Å². The Hall–Kier alpha value is -1.75. The molecule has 5 nitrogen and oxygen atoms in total. The van der Waals surface area contributed by atoms with Gasteiger partial charge in [-0.1, -0.05) is 25.1 Å². The van der Waals surface area contributed by atoms with Gasteiger partial charge in [-0.15, -0.1) is 0 Å². The van der Waals surface area contributed by atoms with E-state index in [-0.39, 0.29) is 6.03 Å². The van der Waals surface area contributed by atoms with E-state index in [0.717, 1.165) is 51.6 Å². The van der Waals surface area contributed by atoms with Crippen molar-refractivity contribution in [2.45, 2.75) is 39.2 Å². The lowest BCUT2D eigenvalue weighted by Gasteiger charge is -2.35. The molecule has 0 aromatic heterocycles. The van der Waals surface area contributed by atoms with E-state index in [1.54, 1.807) is 0 Å². The number of amides is 2. The minimum Gasteiger partial charge on any atom is -0.371 e. The summed E-state index contributed by atoms with van der Waals surface area (Å²) < 4.78 is 0. The number of anilines is 1. The molecule has 144 valence electrons. The third kappa shape index (κ3) is 5.37. The molecule has 3 atom stereocenters. The van der Waals surface area contributed by atoms with Gasteiger partial charge in [-0.05, 0) is 56.7 Å². The summed E-state index contributed by atoms with van der Waals surface area (Å²) in [6, 6.07) is 10.9. The standard InChI is InChI=1S/C21H34N4O/c1-17-7-6-11-24(15-17)18(2)13-22-21(26)23-14-19-10-12-25(16-19)20-8-4-3-5-9-20/h3-5,8-9,17-19H,6-7,10-16H2,1-2H3,(H2,22,23,26)/t17-,18+,19-/m1/s1. The second-order valence-corrected chi connectivity index (χ2v) is 8.12. The SMILES string of the molecule is C[C@@H]1CCCN([C@@H](C)CNC(=O)NC[C@H]2CCN(c3ccccc3)C2)C1. The number of hydrogen-bond acceptors (Lipinski definition) is 3. The first kappa shape index (κ1) is 19.0. The first-order valence-corrected chi connectivity index (χ1v) is 10.2. The highest BCUT2D eigenvalue weighted by atomic mass is 16.2. The molecule has 0 aliphatic carbocycles. The van der Waals surface area contributed by atoms with Gasteiger partial charge in [-0.3, -0.25) is 4.90 Å². The van der Waals surface area contributed by atoms with E-state index in [1.165, 1.54) is 18.5 Å². The van der Waals surface area contributed by atoms with Gasteiger partial charge in [-0.25, -0.2) is 4.79 Å². The Kier molecular flexibility index (Phi) is 6.78. The van der Waals surface area contributed by atoms with Gasteiger partial charge < -0.3 is 15.5 Å². The van der Waals surface area contributed by atoms with E-state index in [9.17, 15) is 4.79 Å². The fourth-order valence-electron chi connectivity index (χ4n) is 4.17. The molecule has 5 heteroatoms. The van der Waals surface area contributed by atoms with Gasteiger partial charge in [0, 0.05) is 44.5 Å². The van der Waals surface area contributed by atoms with Crippen molar-refractivity contribution >= 4 is 11.7 Å². The molecule has 2 aliphatic heterocycles. The number of urea groups is 1. The Morgan fingerprint density at radius 3 is 2.73 bits per heavy atom. The van der Waals surface area contributed by atoms with Crippen LogP contribution in [0.25, 0.3) is 0 Å². The second-order valence-electron chi connectivity index (χ2n) is 8.12. The number of nitrogens with zero attached hydrogens (tertiary/aromatic N) is 2. The molecular formula is C21H34N4O. The number of carbonyl (C=O) groups is 1. The molecule has 0 bridgehead atoms. The molecule has 2 heterocycles. The zero-order chi connectivity index (χ0) is 18.4. The van der Waals surface area contributed by atoms with Gasteiger partial charge >= 0.3 is 6.03 Å². The lowest BCUT2D eigenvalue weighted by molar-refractivity contribution is 0.137. The van der Waals surface area contributed by atoms with Crippen molar-refractivity contribution in [3.63, 3.8) is 0 Å². The number of likely N-dealkylation sites (tertiary alicyclic amines) is 1. The normalized spacial score (nSPS) is 25.1. The quantitative estimate of drug-likeness (QED) is 0.822. The van der Waals surface area contributed by atoms with Gasteiger partial charge in [0.2, 0.25) is 0 Å². The predicted octanol–water partition coefficient (Wildman–Crippen LogP) is 2.93. The van der Waals surface area contributed by atoms with Crippen molar-refractivity contribution < 1.29 is 4.79 Å². The third-order valence-corrected chi connectivity index (χ3v) is 5.83. The molecule has 0 unspecified atom stereocenters. The monoisotopic (exact) mass is 358 g/mol. The molecule has 0 saturated carbocycles. The van der Waals surface area contributed by atoms with Crippen molar-refractivity contribution in [2.24, 2.45) is 11.8 Å². The summed E-state index contributed by atoms with van der Waals surface area (Å²) in [4.78, 5) is 17.1. The highest BCUT2D eigenvalue weighted by molar-refractivity contribution is 5.73. The predicted molar refractivity (Wildman–Crippen MR) is 108 cm³/mol. The van der Waals surface area contributed by atoms with Crippen LogP contribution in [0.1, 0.15) is 33.1 Å². The molecule has 2 saturated heterocycles. The number of carbonyl (C=O) groups excluding carboxylic acids is 1. The van der Waals surface area contributed by atoms with E-state index in [1.807, 2.05) is 0 Å². The van der Waals surface area contributed by atoms with Crippen LogP contribution in [0, 0.1) is 11.8 Å². The van der Waals surface area contributed by atoms with Crippen LogP contribution >= 0.6 is 0 Å². The minimum atomic E-state index is -0.0277. The van der Waals surface area contributed by atoms with Gasteiger partial charge in [0.1, 0.15) is 0 Å². The van der Waals surface area contributed by atoms with E-state index in [0.29, 0.717) is 12.0 Å². The maximum absolute atomic E-state index is 12.1. The van der Waals surface area contributed by atoms with Crippen LogP contribution in [0.4, 0.5) is 10.5 Å². The van der Waals surface area contributed by atoms with Crippen molar-refractivity contribution in [1.82, 2.24) is 15.5 Å². The van der Waals surface area contributed by atoms with Gasteiger partial charge in [0.15, 0.2) is 0 Å². The van der Waals surface area contributed by atoms with Gasteiger partial charge in [-0.2, -0.15) is 0 Å². The number of rotatable bonds is 6. The molecule has 2 amide bonds. The third-order valence-electron chi connectivity index (χ3n) is 5.83. The number of benzene rings is 1. The van der Waals surface area contributed by atoms with Gasteiger partial charge in [0.25, 0.3) is 0 Å². The maximum atomic E-state index is 12.1. The highest BCUT2D eigenvalue weighted by Gasteiger charge is 2.24. The molecule has 26 heavy (non-hydrogen) atoms. The van der Waals surface area contributed by atoms with Crippen LogP contribution in [-0.4, -0.2) is 56.2 Å². The van der Waals surface area contributed by atoms with Crippen LogP contribution in [0.3, 0.4) is 0 Å². The Bertz CT molecular complexity index is 564. The van der Waals surface area contributed by atoms with Crippen molar-refractivity contribution in [3.8, 4) is 0 Å². The van der Waals surface area contributed by atoms with Crippen LogP contribution in [0.15, 0.2) is 30.3 Å². The van der Waals surface area contributed by atoms with E-state index in [2.05, 4.69) is 64.6 Å². The molecule has 0 radical (unpaired) electrons. The lowest BCUT2D eigenvalue weighted by atomic mass is 9.99. The first-order chi connectivity index (χ1) is 12.6. The molecule has 3 rings (SSSR count). The summed E-state index contributed by atoms with van der Waals surface area (Å²) in [5.74, 6) is 1.30. The highest BCUT2D eigenvalue weighted by Crippen LogP contribution is 2.23. The van der Waals surface area contributed by atoms with Crippen LogP contribution in [-0.2, 0) is 0 Å². The number of para-hydroxylation sites is 1. The lowest BCUT2D eigenvalue weighted by Crippen LogP contribution is -2.48. The molecule has 2 aliphatic rings. The molecular weight excluding hydrogens is 324 g/mol. The van der Waals surface area contributed by atoms with Crippen LogP contribution in [0.2, 0.25) is 0 Å². The zero-order valence-electron chi connectivity index (χ0n) is 16.3. The summed E-state index contributed by atoms with van der Waals surface area (Å²) >= 11 is 0. The summed E-state index contributed by atoms with van der Waals surface area (Å²) in [5, 5.41) is 6.12. The van der Waals surface area contributed by atoms with Crippen LogP contribution < -0.4 is 15.5 Å². The number of nitrogens with one attached hydrogen (secondary N) is 2. The fraction of sp³-hybridized carbons (Fsp3) is 0.667. The summed E-state index contributed by atoms with van der Waals surface area (Å²) in [6.45, 7) is 10.4. The summed E-state index contributed by atoms with van der Waals surface area (Å²) in [5.41, 5.74) is 1.28. The fourth-order valence-corrected chi connectivity index (χ4v) is 4.17. The Morgan fingerprint density at radius 1 is 1.15 bits per heavy atom. The Labute approximate surface area is 158 Å². The molecule has 2 N–H and O–H groups in total. The Balaban J connectivity index is 1.33. The van der Waals surface area contributed by atoms with Crippen molar-refractivity contribution in [2.75, 3.05) is 44.2 Å². The summed E-state index contributed by atoms with van der Waals surface area (Å²) in [6.07, 6.45) is 3.74. The largest absolute Gasteiger partial charge is 0.371 e. The van der Waals surface area contributed by atoms with Crippen molar-refractivity contribution in [1.29, 1.82) is 0 Å². The molecule has 1 aromatic rings. The van der Waals surface area contributed by atoms with Crippen LogP contribution in [0.5, 0.6) is 0 Å². The minimum absolute atomic E-state index is 0.0277. The first-order valence-electron chi connectivity index (χ1n) is 10.2. The van der Waals surface area contributed by atoms with E-state index < -0.39 is 0 Å². The van der Waals surface area contributed by atoms with E-state index >= 15 is 0 Å². The number of hydrogen-bond donors (Lipinski definition) is 2. The molecule has 1 aromatic carbocycles. The van der Waals surface area contributed by atoms with Crippen molar-refractivity contribution in [3.05, 3.63) is 30.3 Å².